The summed E-state index contributed by atoms with van der Waals surface area (Å²) in [4.78, 5) is 31.1. The Labute approximate surface area is 186 Å². The van der Waals surface area contributed by atoms with E-state index in [0.29, 0.717) is 17.0 Å². The molecule has 2 aliphatic rings. The molecule has 2 atom stereocenters. The van der Waals surface area contributed by atoms with Crippen molar-refractivity contribution in [1.29, 1.82) is 0 Å². The number of amides is 2. The highest BCUT2D eigenvalue weighted by Gasteiger charge is 2.52. The van der Waals surface area contributed by atoms with Gasteiger partial charge in [-0.2, -0.15) is 0 Å². The first kappa shape index (κ1) is 23.8. The highest BCUT2D eigenvalue weighted by atomic mass is 19.1. The molecule has 9 nitrogen and oxygen atoms in total. The number of rotatable bonds is 1. The highest BCUT2D eigenvalue weighted by Crippen LogP contribution is 2.44. The number of carbonyl (C=O) groups is 2. The van der Waals surface area contributed by atoms with Crippen LogP contribution in [-0.4, -0.2) is 53.6 Å². The lowest BCUT2D eigenvalue weighted by Crippen LogP contribution is -2.53. The minimum Gasteiger partial charge on any atom is -0.462 e. The molecule has 1 aromatic rings. The van der Waals surface area contributed by atoms with Gasteiger partial charge in [0, 0.05) is 17.7 Å². The van der Waals surface area contributed by atoms with Gasteiger partial charge in [-0.15, -0.1) is 4.90 Å². The lowest BCUT2D eigenvalue weighted by molar-refractivity contribution is -0.00665. The van der Waals surface area contributed by atoms with Crippen LogP contribution in [0.5, 0.6) is 0 Å². The van der Waals surface area contributed by atoms with Gasteiger partial charge in [-0.1, -0.05) is 0 Å². The molecule has 176 valence electrons. The molecule has 1 aromatic carbocycles. The molecule has 1 saturated heterocycles. The molecule has 3 rings (SSSR count). The SMILES string of the molecule is CC(C)(C)OC(=O)N(C(=O)OC(C)(C)C)C1=N[C@@]2(c3cc(N)ccc3F)CCO[C@H]2CO1. The molecule has 32 heavy (non-hydrogen) atoms. The number of benzene rings is 1. The molecule has 2 heterocycles. The minimum atomic E-state index is -1.23. The zero-order valence-electron chi connectivity index (χ0n) is 19.2. The molecule has 2 aliphatic heterocycles. The first-order chi connectivity index (χ1) is 14.7. The summed E-state index contributed by atoms with van der Waals surface area (Å²) >= 11 is 0. The molecule has 0 unspecified atom stereocenters. The molecule has 0 saturated carbocycles. The van der Waals surface area contributed by atoms with Crippen LogP contribution in [0.15, 0.2) is 23.2 Å². The van der Waals surface area contributed by atoms with E-state index >= 15 is 0 Å². The maximum Gasteiger partial charge on any atom is 0.428 e. The summed E-state index contributed by atoms with van der Waals surface area (Å²) in [6, 6.07) is 3.82. The number of hydrogen-bond acceptors (Lipinski definition) is 8. The van der Waals surface area contributed by atoms with Gasteiger partial charge in [0.2, 0.25) is 0 Å². The fraction of sp³-hybridized carbons (Fsp3) is 0.591. The van der Waals surface area contributed by atoms with Crippen LogP contribution in [0.4, 0.5) is 19.7 Å². The average Bonchev–Trinajstić information content (AvgIpc) is 3.05. The maximum absolute atomic E-state index is 14.9. The number of nitrogen functional groups attached to an aromatic ring is 1. The topological polar surface area (TPSA) is 113 Å². The van der Waals surface area contributed by atoms with Gasteiger partial charge in [-0.25, -0.2) is 19.0 Å². The Morgan fingerprint density at radius 2 is 1.75 bits per heavy atom. The Morgan fingerprint density at radius 3 is 2.31 bits per heavy atom. The van der Waals surface area contributed by atoms with Crippen molar-refractivity contribution in [2.24, 2.45) is 4.99 Å². The smallest absolute Gasteiger partial charge is 0.428 e. The van der Waals surface area contributed by atoms with Crippen LogP contribution in [0.3, 0.4) is 0 Å². The Kier molecular flexibility index (Phi) is 6.12. The summed E-state index contributed by atoms with van der Waals surface area (Å²) in [6.07, 6.45) is -2.36. The van der Waals surface area contributed by atoms with Gasteiger partial charge in [-0.05, 0) is 59.7 Å². The third-order valence-corrected chi connectivity index (χ3v) is 4.79. The van der Waals surface area contributed by atoms with E-state index in [1.165, 1.54) is 18.2 Å². The largest absolute Gasteiger partial charge is 0.462 e. The first-order valence-corrected chi connectivity index (χ1v) is 10.4. The molecular weight excluding hydrogens is 421 g/mol. The number of carbonyl (C=O) groups excluding carboxylic acids is 2. The fourth-order valence-corrected chi connectivity index (χ4v) is 3.53. The van der Waals surface area contributed by atoms with Gasteiger partial charge >= 0.3 is 18.2 Å². The molecule has 2 amide bonds. The number of halogens is 1. The number of nitrogens with two attached hydrogens (primary N) is 1. The molecule has 0 spiro atoms. The first-order valence-electron chi connectivity index (χ1n) is 10.4. The van der Waals surface area contributed by atoms with E-state index in [0.717, 1.165) is 0 Å². The number of nitrogens with zero attached hydrogens (tertiary/aromatic N) is 2. The van der Waals surface area contributed by atoms with Crippen molar-refractivity contribution in [3.8, 4) is 0 Å². The van der Waals surface area contributed by atoms with Gasteiger partial charge in [0.15, 0.2) is 0 Å². The normalized spacial score (nSPS) is 23.0. The predicted octanol–water partition coefficient (Wildman–Crippen LogP) is 3.95. The van der Waals surface area contributed by atoms with Crippen molar-refractivity contribution in [3.05, 3.63) is 29.6 Å². The van der Waals surface area contributed by atoms with Crippen molar-refractivity contribution in [3.63, 3.8) is 0 Å². The Bertz CT molecular complexity index is 909. The van der Waals surface area contributed by atoms with Crippen LogP contribution in [0.25, 0.3) is 0 Å². The molecule has 1 fully saturated rings. The summed E-state index contributed by atoms with van der Waals surface area (Å²) in [5, 5.41) is 0. The Hall–Kier alpha value is -2.88. The maximum atomic E-state index is 14.9. The number of ether oxygens (including phenoxy) is 4. The van der Waals surface area contributed by atoms with E-state index in [9.17, 15) is 14.0 Å². The third kappa shape index (κ3) is 4.95. The summed E-state index contributed by atoms with van der Waals surface area (Å²) in [6.45, 7) is 10.2. The summed E-state index contributed by atoms with van der Waals surface area (Å²) < 4.78 is 37.0. The summed E-state index contributed by atoms with van der Waals surface area (Å²) in [5.41, 5.74) is 3.42. The molecular formula is C22H30FN3O6. The lowest BCUT2D eigenvalue weighted by Gasteiger charge is -2.37. The minimum absolute atomic E-state index is 0.0603. The van der Waals surface area contributed by atoms with Crippen molar-refractivity contribution < 1.29 is 32.9 Å². The quantitative estimate of drug-likeness (QED) is 0.643. The van der Waals surface area contributed by atoms with Crippen LogP contribution in [0, 0.1) is 5.82 Å². The van der Waals surface area contributed by atoms with Crippen molar-refractivity contribution in [2.45, 2.75) is 70.8 Å². The summed E-state index contributed by atoms with van der Waals surface area (Å²) in [7, 11) is 0. The zero-order chi connectivity index (χ0) is 23.9. The van der Waals surface area contributed by atoms with Gasteiger partial charge in [0.05, 0.1) is 6.61 Å². The van der Waals surface area contributed by atoms with E-state index in [4.69, 9.17) is 24.7 Å². The second-order valence-electron chi connectivity index (χ2n) is 9.77. The van der Waals surface area contributed by atoms with E-state index in [-0.39, 0.29) is 24.8 Å². The average molecular weight is 451 g/mol. The molecule has 0 radical (unpaired) electrons. The van der Waals surface area contributed by atoms with E-state index in [1.54, 1.807) is 41.5 Å². The molecule has 0 aromatic heterocycles. The molecule has 2 N–H and O–H groups in total. The van der Waals surface area contributed by atoms with Gasteiger partial charge in [0.1, 0.15) is 35.3 Å². The van der Waals surface area contributed by atoms with Gasteiger partial charge < -0.3 is 24.7 Å². The van der Waals surface area contributed by atoms with Crippen LogP contribution in [-0.2, 0) is 24.5 Å². The van der Waals surface area contributed by atoms with E-state index in [2.05, 4.69) is 4.99 Å². The van der Waals surface area contributed by atoms with Gasteiger partial charge in [-0.3, -0.25) is 0 Å². The number of fused-ring (bicyclic) bond motifs is 1. The third-order valence-electron chi connectivity index (χ3n) is 4.79. The van der Waals surface area contributed by atoms with Crippen LogP contribution in [0.1, 0.15) is 53.5 Å². The Morgan fingerprint density at radius 1 is 1.16 bits per heavy atom. The second-order valence-corrected chi connectivity index (χ2v) is 9.77. The number of anilines is 1. The number of hydrogen-bond donors (Lipinski definition) is 1. The van der Waals surface area contributed by atoms with E-state index in [1.807, 2.05) is 0 Å². The highest BCUT2D eigenvalue weighted by molar-refractivity contribution is 6.06. The number of imide groups is 1. The van der Waals surface area contributed by atoms with Crippen molar-refractivity contribution in [1.82, 2.24) is 4.90 Å². The van der Waals surface area contributed by atoms with Crippen LogP contribution < -0.4 is 5.73 Å². The van der Waals surface area contributed by atoms with Crippen molar-refractivity contribution in [2.75, 3.05) is 18.9 Å². The lowest BCUT2D eigenvalue weighted by atomic mass is 9.83. The number of aliphatic imine (C=N–C) groups is 1. The second kappa shape index (κ2) is 8.23. The fourth-order valence-electron chi connectivity index (χ4n) is 3.53. The Balaban J connectivity index is 2.10. The van der Waals surface area contributed by atoms with E-state index < -0.39 is 40.8 Å². The van der Waals surface area contributed by atoms with Crippen molar-refractivity contribution >= 4 is 23.9 Å². The summed E-state index contributed by atoms with van der Waals surface area (Å²) in [5.74, 6) is -0.527. The molecule has 10 heteroatoms. The van der Waals surface area contributed by atoms with Crippen LogP contribution in [0.2, 0.25) is 0 Å². The standard InChI is InChI=1S/C22H30FN3O6/c1-20(2,3)31-18(27)26(19(28)32-21(4,5)6)17-25-22(9-10-29-16(22)12-30-17)14-11-13(24)7-8-15(14)23/h7-8,11,16H,9-10,12,24H2,1-6H3/t16-,22+/m0/s1. The zero-order valence-corrected chi connectivity index (χ0v) is 19.2. The predicted molar refractivity (Wildman–Crippen MR) is 115 cm³/mol. The molecule has 0 aliphatic carbocycles. The molecule has 0 bridgehead atoms. The number of amidine groups is 1. The monoisotopic (exact) mass is 451 g/mol. The van der Waals surface area contributed by atoms with Crippen LogP contribution >= 0.6 is 0 Å². The van der Waals surface area contributed by atoms with Gasteiger partial charge in [0.25, 0.3) is 0 Å².